The monoisotopic (exact) mass is 489 g/mol. The molecule has 4 heterocycles. The number of hydrogen-bond acceptors (Lipinski definition) is 7. The van der Waals surface area contributed by atoms with Crippen LogP contribution in [0.1, 0.15) is 17.0 Å². The van der Waals surface area contributed by atoms with Gasteiger partial charge in [0.2, 0.25) is 0 Å². The number of fused-ring (bicyclic) bond motifs is 1. The standard InChI is InChI=1S/C24H18F3N9/c1-14-3-7-21(34-33-14)31-17-5-6-20-19(9-17)29-13-35(20)22-8-4-16(10-28)23(32-22)18-11-30-36(15(18)2)12-24(25,26)27/h3-9,11,13H,12H2,1-2H3,(H,31,34). The van der Waals surface area contributed by atoms with Crippen LogP contribution in [0.5, 0.6) is 0 Å². The quantitative estimate of drug-likeness (QED) is 0.375. The van der Waals surface area contributed by atoms with Gasteiger partial charge in [-0.2, -0.15) is 28.6 Å². The molecule has 0 atom stereocenters. The number of halogens is 3. The summed E-state index contributed by atoms with van der Waals surface area (Å²) >= 11 is 0. The van der Waals surface area contributed by atoms with Gasteiger partial charge in [0.25, 0.3) is 0 Å². The maximum absolute atomic E-state index is 12.9. The first-order chi connectivity index (χ1) is 17.2. The van der Waals surface area contributed by atoms with Crippen molar-refractivity contribution in [3.05, 3.63) is 71.9 Å². The Hall–Kier alpha value is -4.79. The molecule has 4 aromatic heterocycles. The van der Waals surface area contributed by atoms with E-state index in [1.165, 1.54) is 13.1 Å². The van der Waals surface area contributed by atoms with Gasteiger partial charge in [-0.15, -0.1) is 5.10 Å². The van der Waals surface area contributed by atoms with Crippen molar-refractivity contribution < 1.29 is 13.2 Å². The zero-order chi connectivity index (χ0) is 25.4. The molecule has 0 fully saturated rings. The Morgan fingerprint density at radius 3 is 2.61 bits per heavy atom. The summed E-state index contributed by atoms with van der Waals surface area (Å²) in [7, 11) is 0. The van der Waals surface area contributed by atoms with Crippen molar-refractivity contribution in [3.63, 3.8) is 0 Å². The van der Waals surface area contributed by atoms with E-state index >= 15 is 0 Å². The number of nitrogens with zero attached hydrogens (tertiary/aromatic N) is 8. The van der Waals surface area contributed by atoms with Gasteiger partial charge in [0.1, 0.15) is 24.8 Å². The third-order valence-electron chi connectivity index (χ3n) is 5.55. The molecule has 0 radical (unpaired) electrons. The second-order valence-electron chi connectivity index (χ2n) is 8.10. The highest BCUT2D eigenvalue weighted by molar-refractivity contribution is 5.82. The molecule has 180 valence electrons. The number of pyridine rings is 1. The summed E-state index contributed by atoms with van der Waals surface area (Å²) in [6.45, 7) is 2.15. The van der Waals surface area contributed by atoms with Crippen molar-refractivity contribution in [1.82, 2.24) is 34.5 Å². The molecule has 12 heteroatoms. The lowest BCUT2D eigenvalue weighted by molar-refractivity contribution is -0.142. The van der Waals surface area contributed by atoms with Crippen molar-refractivity contribution in [2.45, 2.75) is 26.6 Å². The minimum absolute atomic E-state index is 0.225. The molecule has 5 aromatic rings. The number of aryl methyl sites for hydroxylation is 1. The Morgan fingerprint density at radius 2 is 1.89 bits per heavy atom. The number of benzene rings is 1. The third-order valence-corrected chi connectivity index (χ3v) is 5.55. The zero-order valence-corrected chi connectivity index (χ0v) is 19.1. The lowest BCUT2D eigenvalue weighted by atomic mass is 10.1. The second kappa shape index (κ2) is 8.77. The Labute approximate surface area is 202 Å². The third kappa shape index (κ3) is 4.46. The summed E-state index contributed by atoms with van der Waals surface area (Å²) in [6, 6.07) is 14.5. The van der Waals surface area contributed by atoms with E-state index in [1.54, 1.807) is 23.0 Å². The average Bonchev–Trinajstić information content (AvgIpc) is 3.42. The number of nitriles is 1. The molecule has 0 saturated carbocycles. The van der Waals surface area contributed by atoms with Crippen LogP contribution < -0.4 is 5.32 Å². The van der Waals surface area contributed by atoms with Gasteiger partial charge in [-0.05, 0) is 56.3 Å². The van der Waals surface area contributed by atoms with E-state index in [-0.39, 0.29) is 17.0 Å². The molecule has 9 nitrogen and oxygen atoms in total. The summed E-state index contributed by atoms with van der Waals surface area (Å²) in [4.78, 5) is 9.07. The Bertz CT molecular complexity index is 1610. The fourth-order valence-corrected chi connectivity index (χ4v) is 3.77. The van der Waals surface area contributed by atoms with E-state index in [2.05, 4.69) is 36.7 Å². The summed E-state index contributed by atoms with van der Waals surface area (Å²) in [5.74, 6) is 1.05. The van der Waals surface area contributed by atoms with Gasteiger partial charge < -0.3 is 5.32 Å². The minimum Gasteiger partial charge on any atom is -0.339 e. The van der Waals surface area contributed by atoms with Gasteiger partial charge >= 0.3 is 6.18 Å². The van der Waals surface area contributed by atoms with E-state index in [4.69, 9.17) is 0 Å². The maximum Gasteiger partial charge on any atom is 0.408 e. The topological polar surface area (TPSA) is 110 Å². The molecule has 0 aliphatic rings. The van der Waals surface area contributed by atoms with E-state index in [9.17, 15) is 18.4 Å². The molecule has 36 heavy (non-hydrogen) atoms. The van der Waals surface area contributed by atoms with Crippen LogP contribution >= 0.6 is 0 Å². The maximum atomic E-state index is 12.9. The number of aromatic nitrogens is 7. The number of hydrogen-bond donors (Lipinski definition) is 1. The van der Waals surface area contributed by atoms with Crippen LogP contribution in [0.4, 0.5) is 24.7 Å². The van der Waals surface area contributed by atoms with Crippen LogP contribution in [0, 0.1) is 25.2 Å². The first kappa shape index (κ1) is 23.0. The van der Waals surface area contributed by atoms with E-state index in [0.717, 1.165) is 21.6 Å². The number of nitrogens with one attached hydrogen (secondary N) is 1. The SMILES string of the molecule is Cc1ccc(Nc2ccc3c(c2)ncn3-c2ccc(C#N)c(-c3cnn(CC(F)(F)F)c3C)n2)nn1. The van der Waals surface area contributed by atoms with Gasteiger partial charge in [-0.25, -0.2) is 9.97 Å². The number of anilines is 2. The molecule has 0 saturated heterocycles. The molecule has 0 unspecified atom stereocenters. The minimum atomic E-state index is -4.42. The molecule has 1 aromatic carbocycles. The molecule has 0 aliphatic carbocycles. The van der Waals surface area contributed by atoms with Gasteiger partial charge in [0.15, 0.2) is 5.82 Å². The highest BCUT2D eigenvalue weighted by Crippen LogP contribution is 2.29. The van der Waals surface area contributed by atoms with Gasteiger partial charge in [-0.1, -0.05) is 0 Å². The summed E-state index contributed by atoms with van der Waals surface area (Å²) < 4.78 is 41.3. The van der Waals surface area contributed by atoms with Gasteiger partial charge in [-0.3, -0.25) is 9.25 Å². The normalized spacial score (nSPS) is 11.6. The van der Waals surface area contributed by atoms with Crippen molar-refractivity contribution in [2.24, 2.45) is 0 Å². The van der Waals surface area contributed by atoms with Crippen molar-refractivity contribution in [3.8, 4) is 23.1 Å². The summed E-state index contributed by atoms with van der Waals surface area (Å²) in [6.07, 6.45) is -1.53. The van der Waals surface area contributed by atoms with Gasteiger partial charge in [0, 0.05) is 16.9 Å². The van der Waals surface area contributed by atoms with Crippen LogP contribution in [-0.4, -0.2) is 40.7 Å². The van der Waals surface area contributed by atoms with Crippen molar-refractivity contribution >= 4 is 22.5 Å². The van der Waals surface area contributed by atoms with Crippen LogP contribution in [-0.2, 0) is 6.54 Å². The lowest BCUT2D eigenvalue weighted by Gasteiger charge is -2.10. The first-order valence-electron chi connectivity index (χ1n) is 10.8. The summed E-state index contributed by atoms with van der Waals surface area (Å²) in [5, 5.41) is 24.8. The van der Waals surface area contributed by atoms with Crippen LogP contribution in [0.15, 0.2) is 55.0 Å². The van der Waals surface area contributed by atoms with E-state index in [0.29, 0.717) is 22.7 Å². The van der Waals surface area contributed by atoms with E-state index < -0.39 is 12.7 Å². The molecule has 5 rings (SSSR count). The highest BCUT2D eigenvalue weighted by Gasteiger charge is 2.30. The summed E-state index contributed by atoms with van der Waals surface area (Å²) in [5.41, 5.74) is 4.11. The molecule has 0 amide bonds. The molecule has 0 spiro atoms. The van der Waals surface area contributed by atoms with Crippen LogP contribution in [0.3, 0.4) is 0 Å². The predicted octanol–water partition coefficient (Wildman–Crippen LogP) is 4.87. The molecule has 0 aliphatic heterocycles. The number of alkyl halides is 3. The Kier molecular flexibility index (Phi) is 5.60. The Morgan fingerprint density at radius 1 is 1.06 bits per heavy atom. The van der Waals surface area contributed by atoms with Crippen LogP contribution in [0.25, 0.3) is 28.1 Å². The molecule has 1 N–H and O–H groups in total. The molecular weight excluding hydrogens is 471 g/mol. The Balaban J connectivity index is 1.51. The largest absolute Gasteiger partial charge is 0.408 e. The highest BCUT2D eigenvalue weighted by atomic mass is 19.4. The van der Waals surface area contributed by atoms with Crippen LogP contribution in [0.2, 0.25) is 0 Å². The zero-order valence-electron chi connectivity index (χ0n) is 19.1. The van der Waals surface area contributed by atoms with Gasteiger partial charge in [0.05, 0.1) is 34.2 Å². The van der Waals surface area contributed by atoms with Crippen molar-refractivity contribution in [1.29, 1.82) is 5.26 Å². The lowest BCUT2D eigenvalue weighted by Crippen LogP contribution is -2.19. The predicted molar refractivity (Wildman–Crippen MR) is 126 cm³/mol. The van der Waals surface area contributed by atoms with Crippen molar-refractivity contribution in [2.75, 3.05) is 5.32 Å². The fourth-order valence-electron chi connectivity index (χ4n) is 3.77. The number of rotatable bonds is 5. The average molecular weight is 489 g/mol. The molecular formula is C24H18F3N9. The fraction of sp³-hybridized carbons (Fsp3) is 0.167. The first-order valence-corrected chi connectivity index (χ1v) is 10.8. The van der Waals surface area contributed by atoms with E-state index in [1.807, 2.05) is 37.3 Å². The second-order valence-corrected chi connectivity index (χ2v) is 8.10. The number of imidazole rings is 1. The smallest absolute Gasteiger partial charge is 0.339 e. The molecule has 0 bridgehead atoms.